The molecule has 0 unspecified atom stereocenters. The molecule has 6 heteroatoms. The Kier molecular flexibility index (Phi) is 5.77. The molecule has 2 heterocycles. The van der Waals surface area contributed by atoms with E-state index in [0.717, 1.165) is 49.2 Å². The van der Waals surface area contributed by atoms with Crippen molar-refractivity contribution in [2.45, 2.75) is 23.1 Å². The third-order valence-electron chi connectivity index (χ3n) is 6.34. The minimum absolute atomic E-state index is 0.280. The van der Waals surface area contributed by atoms with Gasteiger partial charge in [-0.15, -0.1) is 0 Å². The predicted molar refractivity (Wildman–Crippen MR) is 134 cm³/mol. The van der Waals surface area contributed by atoms with E-state index in [9.17, 15) is 8.42 Å². The van der Waals surface area contributed by atoms with Crippen LogP contribution in [0.5, 0.6) is 0 Å². The lowest BCUT2D eigenvalue weighted by Gasteiger charge is -2.38. The van der Waals surface area contributed by atoms with E-state index in [1.165, 1.54) is 17.4 Å². The molecule has 3 aromatic carbocycles. The van der Waals surface area contributed by atoms with Gasteiger partial charge < -0.3 is 9.80 Å². The van der Waals surface area contributed by atoms with Gasteiger partial charge in [-0.1, -0.05) is 49.4 Å². The molecular weight excluding hydrogens is 430 g/mol. The zero-order valence-electron chi connectivity index (χ0n) is 18.7. The fourth-order valence-corrected chi connectivity index (χ4v) is 5.96. The van der Waals surface area contributed by atoms with Gasteiger partial charge in [0.15, 0.2) is 0 Å². The van der Waals surface area contributed by atoms with Crippen molar-refractivity contribution in [2.75, 3.05) is 36.0 Å². The molecule has 168 valence electrons. The third kappa shape index (κ3) is 4.07. The molecule has 4 aromatic rings. The largest absolute Gasteiger partial charge is 0.368 e. The normalized spacial score (nSPS) is 14.6. The highest BCUT2D eigenvalue weighted by Gasteiger charge is 2.28. The van der Waals surface area contributed by atoms with Gasteiger partial charge in [0, 0.05) is 43.4 Å². The molecule has 1 aliphatic heterocycles. The Balaban J connectivity index is 1.61. The van der Waals surface area contributed by atoms with Gasteiger partial charge in [-0.3, -0.25) is 4.98 Å². The van der Waals surface area contributed by atoms with E-state index in [1.807, 2.05) is 18.2 Å². The summed E-state index contributed by atoms with van der Waals surface area (Å²) < 4.78 is 27.4. The monoisotopic (exact) mass is 457 g/mol. The van der Waals surface area contributed by atoms with Gasteiger partial charge in [0.25, 0.3) is 0 Å². The summed E-state index contributed by atoms with van der Waals surface area (Å²) in [5, 5.41) is 0.902. The minimum atomic E-state index is -3.71. The van der Waals surface area contributed by atoms with E-state index in [1.54, 1.807) is 24.3 Å². The molecule has 0 amide bonds. The van der Waals surface area contributed by atoms with E-state index in [4.69, 9.17) is 0 Å². The standard InChI is InChI=1S/C27H27N3O2S/c1-2-21-13-14-25-24(19-21)27(26(20-28-25)33(31,32)23-11-7-4-8-12-23)30-17-15-29(16-18-30)22-9-5-3-6-10-22/h3-14,19-20H,2,15-18H2,1H3. The number of hydrogen-bond donors (Lipinski definition) is 0. The van der Waals surface area contributed by atoms with Crippen molar-refractivity contribution in [3.63, 3.8) is 0 Å². The van der Waals surface area contributed by atoms with Crippen LogP contribution in [0.4, 0.5) is 11.4 Å². The highest BCUT2D eigenvalue weighted by Crippen LogP contribution is 2.37. The van der Waals surface area contributed by atoms with Crippen molar-refractivity contribution in [1.29, 1.82) is 0 Å². The molecule has 1 saturated heterocycles. The van der Waals surface area contributed by atoms with Crippen LogP contribution in [0.2, 0.25) is 0 Å². The van der Waals surface area contributed by atoms with E-state index in [-0.39, 0.29) is 4.90 Å². The Morgan fingerprint density at radius 2 is 1.45 bits per heavy atom. The molecule has 0 saturated carbocycles. The number of aryl methyl sites for hydroxylation is 1. The fraction of sp³-hybridized carbons (Fsp3) is 0.222. The maximum Gasteiger partial charge on any atom is 0.210 e. The van der Waals surface area contributed by atoms with Crippen LogP contribution in [-0.4, -0.2) is 39.6 Å². The molecule has 1 fully saturated rings. The molecule has 0 bridgehead atoms. The molecule has 1 aromatic heterocycles. The van der Waals surface area contributed by atoms with Crippen molar-refractivity contribution in [3.8, 4) is 0 Å². The lowest BCUT2D eigenvalue weighted by Crippen LogP contribution is -2.47. The summed E-state index contributed by atoms with van der Waals surface area (Å²) in [6.45, 7) is 5.24. The topological polar surface area (TPSA) is 53.5 Å². The summed E-state index contributed by atoms with van der Waals surface area (Å²) >= 11 is 0. The highest BCUT2D eigenvalue weighted by molar-refractivity contribution is 7.91. The first-order valence-electron chi connectivity index (χ1n) is 11.3. The fourth-order valence-electron chi connectivity index (χ4n) is 4.50. The molecule has 0 aliphatic carbocycles. The Labute approximate surface area is 195 Å². The highest BCUT2D eigenvalue weighted by atomic mass is 32.2. The first-order chi connectivity index (χ1) is 16.1. The summed E-state index contributed by atoms with van der Waals surface area (Å²) in [5.41, 5.74) is 3.96. The van der Waals surface area contributed by atoms with Crippen LogP contribution >= 0.6 is 0 Å². The Morgan fingerprint density at radius 3 is 2.12 bits per heavy atom. The van der Waals surface area contributed by atoms with Crippen LogP contribution < -0.4 is 9.80 Å². The van der Waals surface area contributed by atoms with Crippen LogP contribution in [0.25, 0.3) is 10.9 Å². The number of pyridine rings is 1. The number of sulfone groups is 1. The molecular formula is C27H27N3O2S. The zero-order chi connectivity index (χ0) is 22.8. The van der Waals surface area contributed by atoms with Crippen molar-refractivity contribution in [3.05, 3.63) is 90.6 Å². The summed E-state index contributed by atoms with van der Waals surface area (Å²) in [7, 11) is -3.71. The summed E-state index contributed by atoms with van der Waals surface area (Å²) in [6, 6.07) is 25.2. The average molecular weight is 458 g/mol. The molecule has 1 aliphatic rings. The predicted octanol–water partition coefficient (Wildman–Crippen LogP) is 4.96. The second kappa shape index (κ2) is 8.87. The van der Waals surface area contributed by atoms with Crippen LogP contribution in [0.15, 0.2) is 94.9 Å². The first kappa shape index (κ1) is 21.5. The molecule has 0 spiro atoms. The van der Waals surface area contributed by atoms with Gasteiger partial charge in [0.1, 0.15) is 4.90 Å². The number of anilines is 2. The van der Waals surface area contributed by atoms with Crippen LogP contribution in [0.3, 0.4) is 0 Å². The Morgan fingerprint density at radius 1 is 0.818 bits per heavy atom. The van der Waals surface area contributed by atoms with Gasteiger partial charge in [-0.25, -0.2) is 8.42 Å². The number of nitrogens with zero attached hydrogens (tertiary/aromatic N) is 3. The van der Waals surface area contributed by atoms with Crippen LogP contribution in [0.1, 0.15) is 12.5 Å². The van der Waals surface area contributed by atoms with Crippen molar-refractivity contribution in [1.82, 2.24) is 4.98 Å². The lowest BCUT2D eigenvalue weighted by molar-refractivity contribution is 0.594. The number of benzene rings is 3. The smallest absolute Gasteiger partial charge is 0.210 e. The maximum atomic E-state index is 13.7. The van der Waals surface area contributed by atoms with Crippen molar-refractivity contribution in [2.24, 2.45) is 0 Å². The summed E-state index contributed by atoms with van der Waals surface area (Å²) in [5.74, 6) is 0. The second-order valence-corrected chi connectivity index (χ2v) is 10.2. The summed E-state index contributed by atoms with van der Waals surface area (Å²) in [4.78, 5) is 9.69. The molecule has 5 nitrogen and oxygen atoms in total. The van der Waals surface area contributed by atoms with Gasteiger partial charge in [0.2, 0.25) is 9.84 Å². The number of para-hydroxylation sites is 1. The SMILES string of the molecule is CCc1ccc2ncc(S(=O)(=O)c3ccccc3)c(N3CCN(c4ccccc4)CC3)c2c1. The van der Waals surface area contributed by atoms with Gasteiger partial charge in [0.05, 0.1) is 16.1 Å². The van der Waals surface area contributed by atoms with Gasteiger partial charge in [-0.05, 0) is 48.4 Å². The third-order valence-corrected chi connectivity index (χ3v) is 8.11. The van der Waals surface area contributed by atoms with Crippen LogP contribution in [-0.2, 0) is 16.3 Å². The number of hydrogen-bond acceptors (Lipinski definition) is 5. The van der Waals surface area contributed by atoms with E-state index in [2.05, 4.69) is 58.1 Å². The number of fused-ring (bicyclic) bond motifs is 1. The van der Waals surface area contributed by atoms with Gasteiger partial charge >= 0.3 is 0 Å². The molecule has 0 atom stereocenters. The number of rotatable bonds is 5. The lowest BCUT2D eigenvalue weighted by atomic mass is 10.1. The molecule has 0 N–H and O–H groups in total. The Bertz CT molecular complexity index is 1360. The zero-order valence-corrected chi connectivity index (χ0v) is 19.5. The quantitative estimate of drug-likeness (QED) is 0.424. The summed E-state index contributed by atoms with van der Waals surface area (Å²) in [6.07, 6.45) is 2.42. The molecule has 0 radical (unpaired) electrons. The van der Waals surface area contributed by atoms with Crippen molar-refractivity contribution < 1.29 is 8.42 Å². The minimum Gasteiger partial charge on any atom is -0.368 e. The maximum absolute atomic E-state index is 13.7. The first-order valence-corrected chi connectivity index (χ1v) is 12.8. The molecule has 33 heavy (non-hydrogen) atoms. The van der Waals surface area contributed by atoms with Crippen molar-refractivity contribution >= 4 is 32.1 Å². The van der Waals surface area contributed by atoms with Gasteiger partial charge in [-0.2, -0.15) is 0 Å². The number of aromatic nitrogens is 1. The average Bonchev–Trinajstić information content (AvgIpc) is 2.88. The Hall–Kier alpha value is -3.38. The molecule has 5 rings (SSSR count). The van der Waals surface area contributed by atoms with E-state index < -0.39 is 9.84 Å². The van der Waals surface area contributed by atoms with E-state index in [0.29, 0.717) is 4.90 Å². The van der Waals surface area contributed by atoms with Crippen LogP contribution in [0, 0.1) is 0 Å². The second-order valence-electron chi connectivity index (χ2n) is 8.30. The number of piperazine rings is 1. The van der Waals surface area contributed by atoms with E-state index >= 15 is 0 Å².